The van der Waals surface area contributed by atoms with Crippen LogP contribution in [0.4, 0.5) is 10.1 Å². The highest BCUT2D eigenvalue weighted by Crippen LogP contribution is 2.32. The van der Waals surface area contributed by atoms with E-state index in [-0.39, 0.29) is 11.2 Å². The molecule has 3 heteroatoms. The number of nitrogen functional groups attached to an aromatic ring is 1. The first-order valence-corrected chi connectivity index (χ1v) is 7.01. The van der Waals surface area contributed by atoms with Crippen molar-refractivity contribution >= 4 is 17.4 Å². The first-order valence-electron chi connectivity index (χ1n) is 6.20. The third-order valence-electron chi connectivity index (χ3n) is 2.90. The maximum Gasteiger partial charge on any atom is 0.139 e. The van der Waals surface area contributed by atoms with Gasteiger partial charge in [-0.15, -0.1) is 0 Å². The van der Waals surface area contributed by atoms with Crippen molar-refractivity contribution in [2.45, 2.75) is 36.0 Å². The molecule has 0 bridgehead atoms. The van der Waals surface area contributed by atoms with Crippen LogP contribution in [0.5, 0.6) is 0 Å². The molecule has 0 aliphatic rings. The molecule has 0 atom stereocenters. The number of hydrogen-bond donors (Lipinski definition) is 1. The number of nitrogens with two attached hydrogens (primary N) is 1. The quantitative estimate of drug-likeness (QED) is 0.792. The van der Waals surface area contributed by atoms with Gasteiger partial charge in [0.15, 0.2) is 0 Å². The Hall–Kier alpha value is -1.48. The highest BCUT2D eigenvalue weighted by molar-refractivity contribution is 7.99. The van der Waals surface area contributed by atoms with E-state index in [4.69, 9.17) is 5.73 Å². The van der Waals surface area contributed by atoms with Crippen LogP contribution >= 0.6 is 11.8 Å². The van der Waals surface area contributed by atoms with Crippen molar-refractivity contribution in [3.63, 3.8) is 0 Å². The van der Waals surface area contributed by atoms with Gasteiger partial charge >= 0.3 is 0 Å². The smallest absolute Gasteiger partial charge is 0.139 e. The lowest BCUT2D eigenvalue weighted by atomic mass is 9.87. The van der Waals surface area contributed by atoms with Crippen molar-refractivity contribution in [1.29, 1.82) is 0 Å². The van der Waals surface area contributed by atoms with Crippen molar-refractivity contribution in [1.82, 2.24) is 0 Å². The standard InChI is InChI=1S/C16H18FNS/c1-16(2,3)11-4-7-13(8-5-11)19-15-9-6-12(18)10-14(15)17/h4-10H,18H2,1-3H3. The van der Waals surface area contributed by atoms with Crippen LogP contribution in [0.1, 0.15) is 26.3 Å². The molecule has 0 aliphatic carbocycles. The van der Waals surface area contributed by atoms with E-state index in [0.29, 0.717) is 10.6 Å². The summed E-state index contributed by atoms with van der Waals surface area (Å²) in [4.78, 5) is 1.62. The Morgan fingerprint density at radius 2 is 1.63 bits per heavy atom. The van der Waals surface area contributed by atoms with Crippen LogP contribution in [0, 0.1) is 5.82 Å². The largest absolute Gasteiger partial charge is 0.399 e. The normalized spacial score (nSPS) is 11.6. The molecule has 0 heterocycles. The SMILES string of the molecule is CC(C)(C)c1ccc(Sc2ccc(N)cc2F)cc1. The van der Waals surface area contributed by atoms with Gasteiger partial charge in [0.1, 0.15) is 5.82 Å². The molecule has 0 unspecified atom stereocenters. The van der Waals surface area contributed by atoms with E-state index in [2.05, 4.69) is 32.9 Å². The average Bonchev–Trinajstić information content (AvgIpc) is 2.32. The van der Waals surface area contributed by atoms with Gasteiger partial charge in [-0.2, -0.15) is 0 Å². The van der Waals surface area contributed by atoms with E-state index in [1.54, 1.807) is 12.1 Å². The lowest BCUT2D eigenvalue weighted by Gasteiger charge is -2.19. The lowest BCUT2D eigenvalue weighted by molar-refractivity contribution is 0.589. The molecular formula is C16H18FNS. The Morgan fingerprint density at radius 3 is 2.16 bits per heavy atom. The summed E-state index contributed by atoms with van der Waals surface area (Å²) in [5.74, 6) is -0.273. The average molecular weight is 275 g/mol. The van der Waals surface area contributed by atoms with Crippen molar-refractivity contribution in [2.24, 2.45) is 0 Å². The molecule has 0 amide bonds. The molecule has 2 aromatic carbocycles. The van der Waals surface area contributed by atoms with Crippen LogP contribution in [0.15, 0.2) is 52.3 Å². The Morgan fingerprint density at radius 1 is 1.00 bits per heavy atom. The Bertz CT molecular complexity index is 570. The minimum Gasteiger partial charge on any atom is -0.399 e. The van der Waals surface area contributed by atoms with Crippen LogP contribution in [-0.2, 0) is 5.41 Å². The third kappa shape index (κ3) is 3.51. The topological polar surface area (TPSA) is 26.0 Å². The zero-order valence-corrected chi connectivity index (χ0v) is 12.2. The predicted molar refractivity (Wildman–Crippen MR) is 80.1 cm³/mol. The summed E-state index contributed by atoms with van der Waals surface area (Å²) in [5.41, 5.74) is 7.40. The van der Waals surface area contributed by atoms with Gasteiger partial charge in [0, 0.05) is 15.5 Å². The number of anilines is 1. The Labute approximate surface area is 118 Å². The first kappa shape index (κ1) is 13.9. The summed E-state index contributed by atoms with van der Waals surface area (Å²) in [5, 5.41) is 0. The molecule has 19 heavy (non-hydrogen) atoms. The third-order valence-corrected chi connectivity index (χ3v) is 3.96. The molecule has 100 valence electrons. The van der Waals surface area contributed by atoms with Crippen molar-refractivity contribution < 1.29 is 4.39 Å². The predicted octanol–water partition coefficient (Wildman–Crippen LogP) is 4.86. The zero-order chi connectivity index (χ0) is 14.0. The Balaban J connectivity index is 2.20. The van der Waals surface area contributed by atoms with E-state index in [9.17, 15) is 4.39 Å². The molecule has 2 aromatic rings. The molecule has 0 aromatic heterocycles. The van der Waals surface area contributed by atoms with Crippen LogP contribution in [-0.4, -0.2) is 0 Å². The first-order chi connectivity index (χ1) is 8.86. The maximum atomic E-state index is 13.7. The van der Waals surface area contributed by atoms with Gasteiger partial charge < -0.3 is 5.73 Å². The van der Waals surface area contributed by atoms with E-state index in [1.165, 1.54) is 23.4 Å². The fourth-order valence-corrected chi connectivity index (χ4v) is 2.57. The van der Waals surface area contributed by atoms with Gasteiger partial charge in [-0.25, -0.2) is 4.39 Å². The number of halogens is 1. The second-order valence-corrected chi connectivity index (χ2v) is 6.68. The molecule has 0 radical (unpaired) electrons. The highest BCUT2D eigenvalue weighted by atomic mass is 32.2. The van der Waals surface area contributed by atoms with Gasteiger partial charge in [0.25, 0.3) is 0 Å². The monoisotopic (exact) mass is 275 g/mol. The molecule has 2 N–H and O–H groups in total. The van der Waals surface area contributed by atoms with Crippen molar-refractivity contribution in [3.05, 3.63) is 53.8 Å². The molecule has 2 rings (SSSR count). The second kappa shape index (κ2) is 5.25. The van der Waals surface area contributed by atoms with Gasteiger partial charge in [-0.3, -0.25) is 0 Å². The summed E-state index contributed by atoms with van der Waals surface area (Å²) in [6.45, 7) is 6.53. The fraction of sp³-hybridized carbons (Fsp3) is 0.250. The molecule has 0 aliphatic heterocycles. The van der Waals surface area contributed by atoms with Crippen LogP contribution in [0.3, 0.4) is 0 Å². The summed E-state index contributed by atoms with van der Waals surface area (Å²) in [6, 6.07) is 13.0. The maximum absolute atomic E-state index is 13.7. The van der Waals surface area contributed by atoms with Crippen LogP contribution < -0.4 is 5.73 Å². The zero-order valence-electron chi connectivity index (χ0n) is 11.4. The van der Waals surface area contributed by atoms with Crippen molar-refractivity contribution in [2.75, 3.05) is 5.73 Å². The minimum absolute atomic E-state index is 0.135. The van der Waals surface area contributed by atoms with Crippen LogP contribution in [0.2, 0.25) is 0 Å². The number of rotatable bonds is 2. The number of hydrogen-bond acceptors (Lipinski definition) is 2. The summed E-state index contributed by atoms with van der Waals surface area (Å²) < 4.78 is 13.7. The Kier molecular flexibility index (Phi) is 3.85. The van der Waals surface area contributed by atoms with Gasteiger partial charge in [-0.1, -0.05) is 44.7 Å². The van der Waals surface area contributed by atoms with E-state index in [1.807, 2.05) is 12.1 Å². The molecule has 0 saturated heterocycles. The summed E-state index contributed by atoms with van der Waals surface area (Å²) in [7, 11) is 0. The molecule has 1 nitrogen and oxygen atoms in total. The van der Waals surface area contributed by atoms with E-state index >= 15 is 0 Å². The van der Waals surface area contributed by atoms with E-state index in [0.717, 1.165) is 4.90 Å². The van der Waals surface area contributed by atoms with Gasteiger partial charge in [0.05, 0.1) is 0 Å². The summed E-state index contributed by atoms with van der Waals surface area (Å²) in [6.07, 6.45) is 0. The molecule has 0 spiro atoms. The van der Waals surface area contributed by atoms with Crippen LogP contribution in [0.25, 0.3) is 0 Å². The molecule has 0 saturated carbocycles. The molecular weight excluding hydrogens is 257 g/mol. The van der Waals surface area contributed by atoms with E-state index < -0.39 is 0 Å². The lowest BCUT2D eigenvalue weighted by Crippen LogP contribution is -2.10. The summed E-state index contributed by atoms with van der Waals surface area (Å²) >= 11 is 1.41. The van der Waals surface area contributed by atoms with Crippen molar-refractivity contribution in [3.8, 4) is 0 Å². The number of benzene rings is 2. The molecule has 0 fully saturated rings. The fourth-order valence-electron chi connectivity index (χ4n) is 1.75. The van der Waals surface area contributed by atoms with Gasteiger partial charge in [0.2, 0.25) is 0 Å². The second-order valence-electron chi connectivity index (χ2n) is 5.57. The highest BCUT2D eigenvalue weighted by Gasteiger charge is 2.13. The van der Waals surface area contributed by atoms with Gasteiger partial charge in [-0.05, 0) is 41.3 Å². The minimum atomic E-state index is -0.273.